The molecule has 0 aliphatic carbocycles. The predicted molar refractivity (Wildman–Crippen MR) is 99.3 cm³/mol. The third kappa shape index (κ3) is 2.59. The molecule has 26 heavy (non-hydrogen) atoms. The topological polar surface area (TPSA) is 96.8 Å². The molecule has 2 heterocycles. The Morgan fingerprint density at radius 1 is 1.19 bits per heavy atom. The summed E-state index contributed by atoms with van der Waals surface area (Å²) in [4.78, 5) is 14.9. The number of non-ortho nitro benzene ring substituents is 1. The molecular formula is C19H13N5O2. The van der Waals surface area contributed by atoms with Gasteiger partial charge in [0, 0.05) is 42.0 Å². The number of nitro groups is 1. The minimum atomic E-state index is -0.484. The summed E-state index contributed by atoms with van der Waals surface area (Å²) in [6.07, 6.45) is 1.99. The van der Waals surface area contributed by atoms with E-state index < -0.39 is 4.92 Å². The standard InChI is InChI=1S/C19H13N5O2/c1-23-7-6-12-2-3-14(9-18(12)23)21-19-8-13(11-20)16-10-15(24(25)26)4-5-17(16)22-19/h2-10H,1H3,(H,21,22). The highest BCUT2D eigenvalue weighted by molar-refractivity contribution is 5.89. The zero-order valence-corrected chi connectivity index (χ0v) is 13.8. The van der Waals surface area contributed by atoms with Gasteiger partial charge in [0.2, 0.25) is 0 Å². The van der Waals surface area contributed by atoms with Crippen molar-refractivity contribution in [3.8, 4) is 6.07 Å². The number of fused-ring (bicyclic) bond motifs is 2. The lowest BCUT2D eigenvalue weighted by molar-refractivity contribution is -0.384. The number of hydrogen-bond donors (Lipinski definition) is 1. The van der Waals surface area contributed by atoms with Crippen molar-refractivity contribution < 1.29 is 4.92 Å². The van der Waals surface area contributed by atoms with Crippen molar-refractivity contribution >= 4 is 39.0 Å². The summed E-state index contributed by atoms with van der Waals surface area (Å²) in [5, 5.41) is 25.2. The third-order valence-corrected chi connectivity index (χ3v) is 4.28. The molecule has 2 aromatic heterocycles. The van der Waals surface area contributed by atoms with Crippen LogP contribution in [0.25, 0.3) is 21.8 Å². The van der Waals surface area contributed by atoms with Gasteiger partial charge in [-0.1, -0.05) is 6.07 Å². The number of nitro benzene ring substituents is 1. The smallest absolute Gasteiger partial charge is 0.270 e. The van der Waals surface area contributed by atoms with Gasteiger partial charge in [-0.15, -0.1) is 0 Å². The van der Waals surface area contributed by atoms with Crippen LogP contribution < -0.4 is 5.32 Å². The summed E-state index contributed by atoms with van der Waals surface area (Å²) in [7, 11) is 1.97. The highest BCUT2D eigenvalue weighted by Gasteiger charge is 2.12. The first-order valence-electron chi connectivity index (χ1n) is 7.86. The summed E-state index contributed by atoms with van der Waals surface area (Å²) < 4.78 is 2.02. The van der Waals surface area contributed by atoms with Crippen LogP contribution in [-0.4, -0.2) is 14.5 Å². The van der Waals surface area contributed by atoms with Crippen molar-refractivity contribution in [1.82, 2.24) is 9.55 Å². The molecular weight excluding hydrogens is 330 g/mol. The number of nitrogens with one attached hydrogen (secondary N) is 1. The molecule has 0 aliphatic heterocycles. The monoisotopic (exact) mass is 343 g/mol. The summed E-state index contributed by atoms with van der Waals surface area (Å²) >= 11 is 0. The molecule has 0 unspecified atom stereocenters. The van der Waals surface area contributed by atoms with E-state index in [1.807, 2.05) is 42.1 Å². The van der Waals surface area contributed by atoms with Crippen molar-refractivity contribution in [2.24, 2.45) is 7.05 Å². The number of pyridine rings is 1. The van der Waals surface area contributed by atoms with Crippen molar-refractivity contribution in [3.05, 3.63) is 70.4 Å². The number of nitrogens with zero attached hydrogens (tertiary/aromatic N) is 4. The highest BCUT2D eigenvalue weighted by atomic mass is 16.6. The Hall–Kier alpha value is -3.92. The summed E-state index contributed by atoms with van der Waals surface area (Å²) in [5.41, 5.74) is 2.72. The van der Waals surface area contributed by atoms with Gasteiger partial charge in [-0.05, 0) is 35.7 Å². The molecule has 0 aliphatic rings. The number of rotatable bonds is 3. The number of hydrogen-bond acceptors (Lipinski definition) is 5. The van der Waals surface area contributed by atoms with Crippen LogP contribution in [0.2, 0.25) is 0 Å². The molecule has 0 fully saturated rings. The number of nitriles is 1. The van der Waals surface area contributed by atoms with E-state index in [1.54, 1.807) is 12.1 Å². The number of aromatic nitrogens is 2. The Morgan fingerprint density at radius 2 is 2.04 bits per heavy atom. The fourth-order valence-electron chi connectivity index (χ4n) is 2.97. The van der Waals surface area contributed by atoms with E-state index in [2.05, 4.69) is 16.4 Å². The van der Waals surface area contributed by atoms with Crippen LogP contribution in [0.4, 0.5) is 17.2 Å². The molecule has 7 nitrogen and oxygen atoms in total. The lowest BCUT2D eigenvalue weighted by atomic mass is 10.1. The number of aryl methyl sites for hydroxylation is 1. The van der Waals surface area contributed by atoms with E-state index in [-0.39, 0.29) is 5.69 Å². The second-order valence-electron chi connectivity index (χ2n) is 5.95. The SMILES string of the molecule is Cn1ccc2ccc(Nc3cc(C#N)c4cc([N+](=O)[O-])ccc4n3)cc21. The first-order chi connectivity index (χ1) is 12.5. The maximum Gasteiger partial charge on any atom is 0.270 e. The van der Waals surface area contributed by atoms with E-state index in [1.165, 1.54) is 12.1 Å². The minimum absolute atomic E-state index is 0.0642. The maximum absolute atomic E-state index is 11.0. The Kier molecular flexibility index (Phi) is 3.52. The van der Waals surface area contributed by atoms with Gasteiger partial charge >= 0.3 is 0 Å². The largest absolute Gasteiger partial charge is 0.350 e. The van der Waals surface area contributed by atoms with Gasteiger partial charge in [0.25, 0.3) is 5.69 Å². The lowest BCUT2D eigenvalue weighted by Crippen LogP contribution is -1.97. The Bertz CT molecular complexity index is 1220. The van der Waals surface area contributed by atoms with Gasteiger partial charge in [-0.25, -0.2) is 4.98 Å². The third-order valence-electron chi connectivity index (χ3n) is 4.28. The molecule has 126 valence electrons. The van der Waals surface area contributed by atoms with E-state index in [0.29, 0.717) is 22.3 Å². The molecule has 0 saturated heterocycles. The van der Waals surface area contributed by atoms with Gasteiger partial charge < -0.3 is 9.88 Å². The molecule has 4 aromatic rings. The zero-order valence-electron chi connectivity index (χ0n) is 13.8. The molecule has 4 rings (SSSR count). The summed E-state index contributed by atoms with van der Waals surface area (Å²) in [5.74, 6) is 0.511. The molecule has 1 N–H and O–H groups in total. The zero-order chi connectivity index (χ0) is 18.3. The Balaban J connectivity index is 1.78. The van der Waals surface area contributed by atoms with E-state index >= 15 is 0 Å². The highest BCUT2D eigenvalue weighted by Crippen LogP contribution is 2.27. The van der Waals surface area contributed by atoms with E-state index in [9.17, 15) is 15.4 Å². The summed E-state index contributed by atoms with van der Waals surface area (Å²) in [6.45, 7) is 0. The quantitative estimate of drug-likeness (QED) is 0.443. The second kappa shape index (κ2) is 5.86. The Labute approximate surface area is 148 Å². The fraction of sp³-hybridized carbons (Fsp3) is 0.0526. The van der Waals surface area contributed by atoms with Crippen LogP contribution in [0.5, 0.6) is 0 Å². The van der Waals surface area contributed by atoms with Crippen molar-refractivity contribution in [3.63, 3.8) is 0 Å². The van der Waals surface area contributed by atoms with E-state index in [4.69, 9.17) is 0 Å². The summed E-state index contributed by atoms with van der Waals surface area (Å²) in [6, 6.07) is 16.0. The molecule has 0 spiro atoms. The van der Waals surface area contributed by atoms with Crippen LogP contribution in [-0.2, 0) is 7.05 Å². The van der Waals surface area contributed by atoms with Crippen LogP contribution in [0, 0.1) is 21.4 Å². The molecule has 0 radical (unpaired) electrons. The van der Waals surface area contributed by atoms with E-state index in [0.717, 1.165) is 16.6 Å². The predicted octanol–water partition coefficient (Wildman–Crippen LogP) is 4.25. The molecule has 0 bridgehead atoms. The normalized spacial score (nSPS) is 10.8. The first kappa shape index (κ1) is 15.6. The average molecular weight is 343 g/mol. The first-order valence-corrected chi connectivity index (χ1v) is 7.86. The lowest BCUT2D eigenvalue weighted by Gasteiger charge is -2.09. The molecule has 0 atom stereocenters. The average Bonchev–Trinajstić information content (AvgIpc) is 3.01. The number of benzene rings is 2. The van der Waals surface area contributed by atoms with Gasteiger partial charge in [0.15, 0.2) is 0 Å². The maximum atomic E-state index is 11.0. The number of anilines is 2. The van der Waals surface area contributed by atoms with Crippen LogP contribution in [0.3, 0.4) is 0 Å². The van der Waals surface area contributed by atoms with Crippen LogP contribution in [0.15, 0.2) is 54.7 Å². The van der Waals surface area contributed by atoms with Crippen molar-refractivity contribution in [2.75, 3.05) is 5.32 Å². The minimum Gasteiger partial charge on any atom is -0.350 e. The van der Waals surface area contributed by atoms with Gasteiger partial charge in [-0.2, -0.15) is 5.26 Å². The van der Waals surface area contributed by atoms with Gasteiger partial charge in [-0.3, -0.25) is 10.1 Å². The van der Waals surface area contributed by atoms with Crippen molar-refractivity contribution in [2.45, 2.75) is 0 Å². The van der Waals surface area contributed by atoms with Gasteiger partial charge in [0.1, 0.15) is 5.82 Å². The van der Waals surface area contributed by atoms with Crippen molar-refractivity contribution in [1.29, 1.82) is 5.26 Å². The van der Waals surface area contributed by atoms with Crippen LogP contribution in [0.1, 0.15) is 5.56 Å². The van der Waals surface area contributed by atoms with Gasteiger partial charge in [0.05, 0.1) is 22.1 Å². The molecule has 7 heteroatoms. The second-order valence-corrected chi connectivity index (χ2v) is 5.95. The molecule has 2 aromatic carbocycles. The Morgan fingerprint density at radius 3 is 2.81 bits per heavy atom. The molecule has 0 saturated carbocycles. The fourth-order valence-corrected chi connectivity index (χ4v) is 2.97. The molecule has 0 amide bonds. The van der Waals surface area contributed by atoms with Crippen LogP contribution >= 0.6 is 0 Å².